The Kier molecular flexibility index (Phi) is 14.1. The van der Waals surface area contributed by atoms with Gasteiger partial charge in [-0.2, -0.15) is 0 Å². The first-order valence-electron chi connectivity index (χ1n) is 12.6. The van der Waals surface area contributed by atoms with E-state index in [4.69, 9.17) is 9.84 Å². The molecular formula is C30H44O4. The summed E-state index contributed by atoms with van der Waals surface area (Å²) in [5.41, 5.74) is 4.37. The van der Waals surface area contributed by atoms with Gasteiger partial charge in [0.05, 0.1) is 0 Å². The van der Waals surface area contributed by atoms with E-state index in [1.165, 1.54) is 11.6 Å². The van der Waals surface area contributed by atoms with Gasteiger partial charge in [-0.15, -0.1) is 0 Å². The van der Waals surface area contributed by atoms with E-state index in [0.717, 1.165) is 74.4 Å². The number of esters is 1. The van der Waals surface area contributed by atoms with Crippen LogP contribution in [-0.4, -0.2) is 30.1 Å². The van der Waals surface area contributed by atoms with Gasteiger partial charge < -0.3 is 9.84 Å². The van der Waals surface area contributed by atoms with E-state index in [9.17, 15) is 9.59 Å². The van der Waals surface area contributed by atoms with E-state index in [2.05, 4.69) is 32.9 Å². The SMILES string of the molecule is CC(C=CC=C(C)C=CC1=C(C)C(OC(=O)C=CCCCCCCCO)CCC1(C)C)=CC=O. The van der Waals surface area contributed by atoms with Crippen molar-refractivity contribution in [1.29, 1.82) is 0 Å². The van der Waals surface area contributed by atoms with Crippen LogP contribution in [0, 0.1) is 5.41 Å². The molecule has 1 atom stereocenters. The molecule has 1 aliphatic rings. The molecule has 0 radical (unpaired) electrons. The standard InChI is InChI=1S/C30H44O4/c1-24(14-13-15-25(2)20-23-32)17-18-27-26(3)28(19-21-30(27,4)5)34-29(33)16-11-9-7-6-8-10-12-22-31/h11,13-18,20,23,28,31H,6-10,12,19,21-22H2,1-5H3. The highest BCUT2D eigenvalue weighted by Gasteiger charge is 2.33. The maximum atomic E-state index is 12.4. The molecule has 4 heteroatoms. The molecular weight excluding hydrogens is 424 g/mol. The molecule has 0 saturated carbocycles. The van der Waals surface area contributed by atoms with Crippen LogP contribution >= 0.6 is 0 Å². The molecule has 34 heavy (non-hydrogen) atoms. The van der Waals surface area contributed by atoms with Gasteiger partial charge in [-0.3, -0.25) is 4.79 Å². The zero-order chi connectivity index (χ0) is 25.4. The van der Waals surface area contributed by atoms with Gasteiger partial charge in [-0.1, -0.05) is 75.1 Å². The Morgan fingerprint density at radius 3 is 2.41 bits per heavy atom. The number of ether oxygens (including phenoxy) is 1. The molecule has 0 saturated heterocycles. The first kappa shape index (κ1) is 29.6. The fourth-order valence-corrected chi connectivity index (χ4v) is 4.10. The van der Waals surface area contributed by atoms with Crippen LogP contribution in [0.2, 0.25) is 0 Å². The lowest BCUT2D eigenvalue weighted by Crippen LogP contribution is -2.30. The molecule has 0 amide bonds. The summed E-state index contributed by atoms with van der Waals surface area (Å²) in [6.07, 6.45) is 23.6. The van der Waals surface area contributed by atoms with Gasteiger partial charge in [0.1, 0.15) is 12.4 Å². The largest absolute Gasteiger partial charge is 0.455 e. The van der Waals surface area contributed by atoms with Crippen molar-refractivity contribution in [3.63, 3.8) is 0 Å². The summed E-state index contributed by atoms with van der Waals surface area (Å²) < 4.78 is 5.80. The van der Waals surface area contributed by atoms with Crippen molar-refractivity contribution in [2.45, 2.75) is 92.1 Å². The number of aldehydes is 1. The maximum absolute atomic E-state index is 12.4. The first-order chi connectivity index (χ1) is 16.2. The molecule has 1 aliphatic carbocycles. The number of rotatable bonds is 14. The van der Waals surface area contributed by atoms with E-state index in [0.29, 0.717) is 0 Å². The van der Waals surface area contributed by atoms with Crippen LogP contribution in [0.4, 0.5) is 0 Å². The van der Waals surface area contributed by atoms with Gasteiger partial charge in [0.2, 0.25) is 0 Å². The lowest BCUT2D eigenvalue weighted by Gasteiger charge is -2.36. The highest BCUT2D eigenvalue weighted by molar-refractivity contribution is 5.82. The number of carbonyl (C=O) groups excluding carboxylic acids is 2. The number of hydrogen-bond donors (Lipinski definition) is 1. The van der Waals surface area contributed by atoms with Crippen molar-refractivity contribution in [3.8, 4) is 0 Å². The second-order valence-corrected chi connectivity index (χ2v) is 9.78. The van der Waals surface area contributed by atoms with Crippen LogP contribution in [-0.2, 0) is 14.3 Å². The number of aliphatic hydroxyl groups excluding tert-OH is 1. The lowest BCUT2D eigenvalue weighted by molar-refractivity contribution is -0.142. The Labute approximate surface area is 206 Å². The van der Waals surface area contributed by atoms with Gasteiger partial charge in [0.25, 0.3) is 0 Å². The number of hydrogen-bond acceptors (Lipinski definition) is 4. The minimum Gasteiger partial charge on any atom is -0.455 e. The minimum atomic E-state index is -0.271. The van der Waals surface area contributed by atoms with Gasteiger partial charge in [-0.25, -0.2) is 4.79 Å². The smallest absolute Gasteiger partial charge is 0.331 e. The molecule has 0 fully saturated rings. The summed E-state index contributed by atoms with van der Waals surface area (Å²) in [7, 11) is 0. The van der Waals surface area contributed by atoms with Crippen LogP contribution in [0.25, 0.3) is 0 Å². The molecule has 1 rings (SSSR count). The van der Waals surface area contributed by atoms with Gasteiger partial charge in [0.15, 0.2) is 0 Å². The third kappa shape index (κ3) is 11.6. The highest BCUT2D eigenvalue weighted by atomic mass is 16.5. The monoisotopic (exact) mass is 468 g/mol. The summed E-state index contributed by atoms with van der Waals surface area (Å²) in [5, 5.41) is 8.80. The zero-order valence-corrected chi connectivity index (χ0v) is 21.8. The average Bonchev–Trinajstić information content (AvgIpc) is 2.77. The average molecular weight is 469 g/mol. The van der Waals surface area contributed by atoms with Crippen molar-refractivity contribution in [2.24, 2.45) is 5.41 Å². The molecule has 1 N–H and O–H groups in total. The number of unbranched alkanes of at least 4 members (excludes halogenated alkanes) is 5. The van der Waals surface area contributed by atoms with Gasteiger partial charge >= 0.3 is 5.97 Å². The number of allylic oxidation sites excluding steroid dienone is 10. The summed E-state index contributed by atoms with van der Waals surface area (Å²) >= 11 is 0. The van der Waals surface area contributed by atoms with E-state index in [1.54, 1.807) is 6.08 Å². The molecule has 1 unspecified atom stereocenters. The molecule has 188 valence electrons. The number of aliphatic hydroxyl groups is 1. The molecule has 0 aromatic carbocycles. The molecule has 0 aliphatic heterocycles. The Balaban J connectivity index is 2.73. The number of carbonyl (C=O) groups is 2. The molecule has 0 aromatic heterocycles. The van der Waals surface area contributed by atoms with Crippen molar-refractivity contribution < 1.29 is 19.4 Å². The maximum Gasteiger partial charge on any atom is 0.331 e. The van der Waals surface area contributed by atoms with Gasteiger partial charge in [-0.05, 0) is 81.1 Å². The van der Waals surface area contributed by atoms with Crippen molar-refractivity contribution in [3.05, 3.63) is 70.9 Å². The van der Waals surface area contributed by atoms with E-state index >= 15 is 0 Å². The summed E-state index contributed by atoms with van der Waals surface area (Å²) in [6, 6.07) is 0. The van der Waals surface area contributed by atoms with E-state index in [-0.39, 0.29) is 24.1 Å². The molecule has 0 spiro atoms. The topological polar surface area (TPSA) is 63.6 Å². The normalized spacial score (nSPS) is 19.5. The molecule has 0 heterocycles. The Hall–Kier alpha value is -2.46. The third-order valence-corrected chi connectivity index (χ3v) is 6.27. The lowest BCUT2D eigenvalue weighted by atomic mass is 9.71. The summed E-state index contributed by atoms with van der Waals surface area (Å²) in [6.45, 7) is 10.7. The van der Waals surface area contributed by atoms with Crippen LogP contribution < -0.4 is 0 Å². The van der Waals surface area contributed by atoms with Crippen molar-refractivity contribution in [1.82, 2.24) is 0 Å². The van der Waals surface area contributed by atoms with Gasteiger partial charge in [0, 0.05) is 12.7 Å². The van der Waals surface area contributed by atoms with Crippen LogP contribution in [0.1, 0.15) is 86.0 Å². The summed E-state index contributed by atoms with van der Waals surface area (Å²) in [4.78, 5) is 22.9. The Morgan fingerprint density at radius 2 is 1.71 bits per heavy atom. The fraction of sp³-hybridized carbons (Fsp3) is 0.533. The fourth-order valence-electron chi connectivity index (χ4n) is 4.10. The molecule has 0 aromatic rings. The van der Waals surface area contributed by atoms with Crippen molar-refractivity contribution in [2.75, 3.05) is 6.61 Å². The quantitative estimate of drug-likeness (QED) is 0.0968. The second-order valence-electron chi connectivity index (χ2n) is 9.78. The van der Waals surface area contributed by atoms with Crippen molar-refractivity contribution >= 4 is 12.3 Å². The summed E-state index contributed by atoms with van der Waals surface area (Å²) in [5.74, 6) is -0.271. The van der Waals surface area contributed by atoms with E-state index < -0.39 is 0 Å². The van der Waals surface area contributed by atoms with Crippen LogP contribution in [0.15, 0.2) is 70.9 Å². The Morgan fingerprint density at radius 1 is 1.03 bits per heavy atom. The first-order valence-corrected chi connectivity index (χ1v) is 12.6. The zero-order valence-electron chi connectivity index (χ0n) is 21.8. The third-order valence-electron chi connectivity index (χ3n) is 6.27. The minimum absolute atomic E-state index is 0.0226. The highest BCUT2D eigenvalue weighted by Crippen LogP contribution is 2.42. The molecule has 4 nitrogen and oxygen atoms in total. The predicted octanol–water partition coefficient (Wildman–Crippen LogP) is 7.13. The van der Waals surface area contributed by atoms with Crippen LogP contribution in [0.5, 0.6) is 0 Å². The van der Waals surface area contributed by atoms with E-state index in [1.807, 2.05) is 38.2 Å². The predicted molar refractivity (Wildman–Crippen MR) is 141 cm³/mol. The van der Waals surface area contributed by atoms with Crippen LogP contribution in [0.3, 0.4) is 0 Å². The Bertz CT molecular complexity index is 834. The second kappa shape index (κ2) is 16.2. The molecule has 0 bridgehead atoms.